The lowest BCUT2D eigenvalue weighted by Gasteiger charge is -2.30. The number of urea groups is 1. The van der Waals surface area contributed by atoms with Gasteiger partial charge in [-0.3, -0.25) is 19.8 Å². The molecule has 25 heavy (non-hydrogen) atoms. The second-order valence-corrected chi connectivity index (χ2v) is 5.88. The quantitative estimate of drug-likeness (QED) is 0.926. The van der Waals surface area contributed by atoms with Crippen LogP contribution in [0.4, 0.5) is 10.5 Å². The number of para-hydroxylation sites is 1. The number of carbonyl (C=O) groups is 3. The van der Waals surface area contributed by atoms with E-state index >= 15 is 0 Å². The number of nitrogens with zero attached hydrogens (tertiary/aromatic N) is 2. The Morgan fingerprint density at radius 2 is 2.00 bits per heavy atom. The van der Waals surface area contributed by atoms with E-state index in [1.165, 1.54) is 4.90 Å². The average molecular weight is 341 g/mol. The maximum atomic E-state index is 13.0. The summed E-state index contributed by atoms with van der Waals surface area (Å²) in [6.45, 7) is 2.11. The third kappa shape index (κ3) is 3.26. The highest BCUT2D eigenvalue weighted by molar-refractivity contribution is 6.09. The molecule has 1 unspecified atom stereocenters. The minimum absolute atomic E-state index is 0.201. The standard InChI is InChI=1S/C18H19N3O4/c1-12(15-8-5-11-25-15)20(2)17(23)13-6-3-4-7-14(13)21-10-9-16(22)19-18(21)24/h3-8,11-12H,9-10H2,1-2H3,(H,19,22,24). The lowest BCUT2D eigenvalue weighted by Crippen LogP contribution is -2.50. The molecule has 1 atom stereocenters. The molecule has 0 spiro atoms. The minimum atomic E-state index is -0.516. The Bertz CT molecular complexity index is 800. The van der Waals surface area contributed by atoms with Crippen LogP contribution in [0.3, 0.4) is 0 Å². The fraction of sp³-hybridized carbons (Fsp3) is 0.278. The summed E-state index contributed by atoms with van der Waals surface area (Å²) in [6.07, 6.45) is 1.76. The zero-order valence-corrected chi connectivity index (χ0v) is 14.1. The van der Waals surface area contributed by atoms with Gasteiger partial charge in [0, 0.05) is 20.0 Å². The number of imide groups is 1. The van der Waals surface area contributed by atoms with E-state index in [0.29, 0.717) is 17.0 Å². The van der Waals surface area contributed by atoms with Crippen LogP contribution >= 0.6 is 0 Å². The highest BCUT2D eigenvalue weighted by Gasteiger charge is 2.29. The Morgan fingerprint density at radius 3 is 2.68 bits per heavy atom. The fourth-order valence-corrected chi connectivity index (χ4v) is 2.77. The van der Waals surface area contributed by atoms with Gasteiger partial charge in [-0.2, -0.15) is 0 Å². The molecule has 7 nitrogen and oxygen atoms in total. The summed E-state index contributed by atoms with van der Waals surface area (Å²) >= 11 is 0. The number of benzene rings is 1. The zero-order valence-electron chi connectivity index (χ0n) is 14.1. The monoisotopic (exact) mass is 341 g/mol. The third-order valence-corrected chi connectivity index (χ3v) is 4.34. The Hall–Kier alpha value is -3.09. The molecule has 0 bridgehead atoms. The second-order valence-electron chi connectivity index (χ2n) is 5.88. The van der Waals surface area contributed by atoms with Crippen LogP contribution in [0, 0.1) is 0 Å². The average Bonchev–Trinajstić information content (AvgIpc) is 3.14. The molecular formula is C18H19N3O4. The topological polar surface area (TPSA) is 82.9 Å². The number of carbonyl (C=O) groups excluding carboxylic acids is 3. The van der Waals surface area contributed by atoms with E-state index in [4.69, 9.17) is 4.42 Å². The fourth-order valence-electron chi connectivity index (χ4n) is 2.77. The van der Waals surface area contributed by atoms with Gasteiger partial charge in [-0.1, -0.05) is 12.1 Å². The summed E-state index contributed by atoms with van der Waals surface area (Å²) < 4.78 is 5.37. The van der Waals surface area contributed by atoms with Gasteiger partial charge in [0.15, 0.2) is 0 Å². The largest absolute Gasteiger partial charge is 0.467 e. The molecule has 2 heterocycles. The van der Waals surface area contributed by atoms with Gasteiger partial charge in [-0.05, 0) is 31.2 Å². The molecule has 1 aromatic heterocycles. The summed E-state index contributed by atoms with van der Waals surface area (Å²) in [7, 11) is 1.69. The first-order valence-electron chi connectivity index (χ1n) is 8.00. The van der Waals surface area contributed by atoms with Crippen LogP contribution in [0.15, 0.2) is 47.1 Å². The van der Waals surface area contributed by atoms with E-state index in [1.54, 1.807) is 48.5 Å². The maximum Gasteiger partial charge on any atom is 0.328 e. The Labute approximate surface area is 145 Å². The highest BCUT2D eigenvalue weighted by Crippen LogP contribution is 2.27. The van der Waals surface area contributed by atoms with Gasteiger partial charge < -0.3 is 9.32 Å². The summed E-state index contributed by atoms with van der Waals surface area (Å²) in [4.78, 5) is 39.4. The van der Waals surface area contributed by atoms with Gasteiger partial charge in [0.1, 0.15) is 5.76 Å². The van der Waals surface area contributed by atoms with Crippen molar-refractivity contribution in [2.75, 3.05) is 18.5 Å². The third-order valence-electron chi connectivity index (χ3n) is 4.34. The second kappa shape index (κ2) is 6.80. The van der Waals surface area contributed by atoms with Crippen molar-refractivity contribution in [3.05, 3.63) is 54.0 Å². The van der Waals surface area contributed by atoms with E-state index in [2.05, 4.69) is 5.32 Å². The molecule has 1 aromatic carbocycles. The van der Waals surface area contributed by atoms with Crippen molar-refractivity contribution >= 4 is 23.5 Å². The summed E-state index contributed by atoms with van der Waals surface area (Å²) in [5, 5.41) is 2.28. The number of hydrogen-bond donors (Lipinski definition) is 1. The first-order chi connectivity index (χ1) is 12.0. The van der Waals surface area contributed by atoms with Crippen LogP contribution in [0.5, 0.6) is 0 Å². The summed E-state index contributed by atoms with van der Waals surface area (Å²) in [5.74, 6) is 0.132. The SMILES string of the molecule is CC(c1ccco1)N(C)C(=O)c1ccccc1N1CCC(=O)NC1=O. The molecule has 7 heteroatoms. The van der Waals surface area contributed by atoms with E-state index in [1.807, 2.05) is 13.0 Å². The number of furan rings is 1. The molecule has 1 aliphatic rings. The van der Waals surface area contributed by atoms with Crippen LogP contribution in [0.1, 0.15) is 35.5 Å². The Kier molecular flexibility index (Phi) is 4.56. The smallest absolute Gasteiger partial charge is 0.328 e. The molecule has 1 fully saturated rings. The molecule has 1 N–H and O–H groups in total. The predicted octanol–water partition coefficient (Wildman–Crippen LogP) is 2.56. The first kappa shape index (κ1) is 16.8. The lowest BCUT2D eigenvalue weighted by atomic mass is 10.1. The van der Waals surface area contributed by atoms with E-state index in [0.717, 1.165) is 0 Å². The van der Waals surface area contributed by atoms with Crippen molar-refractivity contribution in [1.29, 1.82) is 0 Å². The number of nitrogens with one attached hydrogen (secondary N) is 1. The molecule has 130 valence electrons. The van der Waals surface area contributed by atoms with Crippen LogP contribution in [-0.2, 0) is 4.79 Å². The summed E-state index contributed by atoms with van der Waals surface area (Å²) in [6, 6.07) is 9.68. The lowest BCUT2D eigenvalue weighted by molar-refractivity contribution is -0.120. The van der Waals surface area contributed by atoms with Crippen molar-refractivity contribution < 1.29 is 18.8 Å². The Balaban J connectivity index is 1.88. The van der Waals surface area contributed by atoms with Crippen LogP contribution in [0.2, 0.25) is 0 Å². The summed E-state index contributed by atoms with van der Waals surface area (Å²) in [5.41, 5.74) is 0.879. The maximum absolute atomic E-state index is 13.0. The van der Waals surface area contributed by atoms with Crippen molar-refractivity contribution in [1.82, 2.24) is 10.2 Å². The van der Waals surface area contributed by atoms with Crippen LogP contribution in [0.25, 0.3) is 0 Å². The van der Waals surface area contributed by atoms with Gasteiger partial charge in [-0.15, -0.1) is 0 Å². The normalized spacial score (nSPS) is 15.7. The van der Waals surface area contributed by atoms with Gasteiger partial charge in [0.05, 0.1) is 23.6 Å². The highest BCUT2D eigenvalue weighted by atomic mass is 16.3. The number of hydrogen-bond acceptors (Lipinski definition) is 4. The number of amides is 4. The molecule has 0 aliphatic carbocycles. The molecule has 1 saturated heterocycles. The molecule has 2 aromatic rings. The van der Waals surface area contributed by atoms with E-state index < -0.39 is 6.03 Å². The van der Waals surface area contributed by atoms with E-state index in [-0.39, 0.29) is 30.8 Å². The number of anilines is 1. The van der Waals surface area contributed by atoms with E-state index in [9.17, 15) is 14.4 Å². The molecule has 3 rings (SSSR count). The van der Waals surface area contributed by atoms with Crippen molar-refractivity contribution in [3.8, 4) is 0 Å². The van der Waals surface area contributed by atoms with Crippen molar-refractivity contribution in [3.63, 3.8) is 0 Å². The van der Waals surface area contributed by atoms with Gasteiger partial charge in [0.25, 0.3) is 5.91 Å². The van der Waals surface area contributed by atoms with Crippen LogP contribution < -0.4 is 10.2 Å². The zero-order chi connectivity index (χ0) is 18.0. The molecule has 4 amide bonds. The molecule has 0 saturated carbocycles. The minimum Gasteiger partial charge on any atom is -0.467 e. The van der Waals surface area contributed by atoms with Crippen LogP contribution in [-0.4, -0.2) is 36.3 Å². The predicted molar refractivity (Wildman–Crippen MR) is 91.2 cm³/mol. The first-order valence-corrected chi connectivity index (χ1v) is 8.00. The Morgan fingerprint density at radius 1 is 1.24 bits per heavy atom. The van der Waals surface area contributed by atoms with Gasteiger partial charge in [0.2, 0.25) is 5.91 Å². The molecule has 1 aliphatic heterocycles. The molecule has 0 radical (unpaired) electrons. The van der Waals surface area contributed by atoms with Gasteiger partial charge >= 0.3 is 6.03 Å². The van der Waals surface area contributed by atoms with Gasteiger partial charge in [-0.25, -0.2) is 4.79 Å². The number of rotatable bonds is 4. The molecular weight excluding hydrogens is 322 g/mol. The van der Waals surface area contributed by atoms with Crippen molar-refractivity contribution in [2.45, 2.75) is 19.4 Å². The van der Waals surface area contributed by atoms with Crippen molar-refractivity contribution in [2.24, 2.45) is 0 Å².